The monoisotopic (exact) mass is 482 g/mol. The van der Waals surface area contributed by atoms with E-state index in [2.05, 4.69) is 4.74 Å². The second-order valence-electron chi connectivity index (χ2n) is 10.2. The molecule has 4 rings (SSSR count). The van der Waals surface area contributed by atoms with Crippen molar-refractivity contribution in [2.24, 2.45) is 28.6 Å². The van der Waals surface area contributed by atoms with Gasteiger partial charge in [0.1, 0.15) is 0 Å². The number of allylic oxidation sites excluding steroid dienone is 4. The minimum absolute atomic E-state index is 0.0522. The largest absolute Gasteiger partial charge is 0.509 e. The van der Waals surface area contributed by atoms with Crippen LogP contribution in [0.1, 0.15) is 40.0 Å². The van der Waals surface area contributed by atoms with Crippen molar-refractivity contribution in [1.82, 2.24) is 0 Å². The summed E-state index contributed by atoms with van der Waals surface area (Å²) in [5, 5.41) is 11.3. The van der Waals surface area contributed by atoms with Crippen LogP contribution >= 0.6 is 11.6 Å². The van der Waals surface area contributed by atoms with Gasteiger partial charge in [-0.05, 0) is 37.8 Å². The Bertz CT molecular complexity index is 1010. The van der Waals surface area contributed by atoms with Crippen LogP contribution in [0.5, 0.6) is 0 Å². The van der Waals surface area contributed by atoms with Crippen LogP contribution in [0.25, 0.3) is 0 Å². The van der Waals surface area contributed by atoms with Crippen LogP contribution in [0.2, 0.25) is 0 Å². The lowest BCUT2D eigenvalue weighted by Crippen LogP contribution is -2.71. The van der Waals surface area contributed by atoms with Gasteiger partial charge < -0.3 is 14.6 Å². The maximum atomic E-state index is 17.2. The van der Waals surface area contributed by atoms with E-state index in [4.69, 9.17) is 16.3 Å². The standard InChI is InChI=1S/C24H28ClFO7/c1-12-7-14-15-9-17(28)16-8-13(27)5-6-21(16,2)23(15,26)18(29)10-22(14,3)24(12,19(30)11-25)33-20(31)32-4/h5-6,8,12,14-15,18,29H,7,9-11H2,1-4H3/t12-,14-,15-,18-,21-,22-,23-,24-/m0/s1. The van der Waals surface area contributed by atoms with Crippen molar-refractivity contribution in [3.63, 3.8) is 0 Å². The molecule has 0 heterocycles. The van der Waals surface area contributed by atoms with Gasteiger partial charge in [0.05, 0.1) is 24.5 Å². The molecule has 0 aliphatic heterocycles. The second-order valence-corrected chi connectivity index (χ2v) is 10.5. The molecule has 0 aromatic heterocycles. The summed E-state index contributed by atoms with van der Waals surface area (Å²) < 4.78 is 27.5. The molecule has 0 unspecified atom stereocenters. The smallest absolute Gasteiger partial charge is 0.438 e. The second kappa shape index (κ2) is 7.47. The normalized spacial score (nSPS) is 46.1. The van der Waals surface area contributed by atoms with Gasteiger partial charge in [-0.1, -0.05) is 19.9 Å². The summed E-state index contributed by atoms with van der Waals surface area (Å²) in [5.41, 5.74) is -6.66. The summed E-state index contributed by atoms with van der Waals surface area (Å²) >= 11 is 5.94. The first kappa shape index (κ1) is 24.1. The minimum Gasteiger partial charge on any atom is -0.438 e. The molecule has 3 fully saturated rings. The van der Waals surface area contributed by atoms with Crippen LogP contribution in [-0.2, 0) is 23.9 Å². The average Bonchev–Trinajstić information content (AvgIpc) is 2.98. The molecule has 0 aromatic rings. The zero-order valence-electron chi connectivity index (χ0n) is 19.0. The van der Waals surface area contributed by atoms with E-state index in [1.165, 1.54) is 19.1 Å². The van der Waals surface area contributed by atoms with Crippen molar-refractivity contribution in [2.75, 3.05) is 13.0 Å². The Morgan fingerprint density at radius 3 is 2.55 bits per heavy atom. The van der Waals surface area contributed by atoms with Crippen LogP contribution in [0.4, 0.5) is 9.18 Å². The predicted molar refractivity (Wildman–Crippen MR) is 115 cm³/mol. The maximum absolute atomic E-state index is 17.2. The number of hydrogen-bond acceptors (Lipinski definition) is 7. The number of ketones is 3. The number of aliphatic hydroxyl groups excluding tert-OH is 1. The summed E-state index contributed by atoms with van der Waals surface area (Å²) in [6.45, 7) is 4.94. The van der Waals surface area contributed by atoms with E-state index in [9.17, 15) is 24.3 Å². The number of rotatable bonds is 3. The fourth-order valence-corrected chi connectivity index (χ4v) is 7.70. The Morgan fingerprint density at radius 2 is 1.94 bits per heavy atom. The van der Waals surface area contributed by atoms with Gasteiger partial charge in [0.15, 0.2) is 28.6 Å². The van der Waals surface area contributed by atoms with Crippen LogP contribution in [0.3, 0.4) is 0 Å². The van der Waals surface area contributed by atoms with Gasteiger partial charge in [-0.3, -0.25) is 14.4 Å². The summed E-state index contributed by atoms with van der Waals surface area (Å²) in [6, 6.07) is 0. The number of carbonyl (C=O) groups excluding carboxylic acids is 4. The first-order valence-corrected chi connectivity index (χ1v) is 11.6. The molecule has 0 amide bonds. The van der Waals surface area contributed by atoms with Crippen molar-refractivity contribution in [2.45, 2.75) is 57.4 Å². The third kappa shape index (κ3) is 2.77. The predicted octanol–water partition coefficient (Wildman–Crippen LogP) is 3.11. The summed E-state index contributed by atoms with van der Waals surface area (Å²) in [5.74, 6) is -3.87. The van der Waals surface area contributed by atoms with Crippen LogP contribution < -0.4 is 0 Å². The molecule has 0 aromatic carbocycles. The van der Waals surface area contributed by atoms with E-state index in [-0.39, 0.29) is 30.6 Å². The molecule has 9 heteroatoms. The highest BCUT2D eigenvalue weighted by Gasteiger charge is 2.78. The maximum Gasteiger partial charge on any atom is 0.509 e. The summed E-state index contributed by atoms with van der Waals surface area (Å²) in [7, 11) is 1.12. The third-order valence-electron chi connectivity index (χ3n) is 8.97. The molecule has 8 atom stereocenters. The molecule has 4 aliphatic carbocycles. The quantitative estimate of drug-likeness (QED) is 0.486. The van der Waals surface area contributed by atoms with Gasteiger partial charge in [0.2, 0.25) is 0 Å². The number of aliphatic hydroxyl groups is 1. The number of hydrogen-bond donors (Lipinski definition) is 1. The van der Waals surface area contributed by atoms with E-state index in [1.807, 2.05) is 0 Å². The molecule has 0 bridgehead atoms. The molecule has 33 heavy (non-hydrogen) atoms. The number of carbonyl (C=O) groups is 4. The number of Topliss-reactive ketones (excluding diaryl/α,β-unsaturated/α-hetero) is 2. The van der Waals surface area contributed by atoms with Crippen molar-refractivity contribution in [3.8, 4) is 0 Å². The van der Waals surface area contributed by atoms with Gasteiger partial charge in [0.25, 0.3) is 0 Å². The SMILES string of the molecule is COC(=O)O[C@]1(C(=O)CCl)[C@@H](C)C[C@H]2[C@@H]3CC(=O)C4=CC(=O)C=C[C@]4(C)[C@@]3(F)[C@@H](O)C[C@@]21C. The Kier molecular flexibility index (Phi) is 5.45. The highest BCUT2D eigenvalue weighted by Crippen LogP contribution is 2.71. The van der Waals surface area contributed by atoms with E-state index in [0.29, 0.717) is 0 Å². The van der Waals surface area contributed by atoms with E-state index in [0.717, 1.165) is 13.2 Å². The van der Waals surface area contributed by atoms with Gasteiger partial charge in [0, 0.05) is 29.2 Å². The highest BCUT2D eigenvalue weighted by molar-refractivity contribution is 6.29. The Hall–Kier alpha value is -2.06. The molecule has 0 radical (unpaired) electrons. The Labute approximate surface area is 196 Å². The van der Waals surface area contributed by atoms with Gasteiger partial charge in [-0.25, -0.2) is 9.18 Å². The topological polar surface area (TPSA) is 107 Å². The molecular formula is C24H28ClFO7. The first-order valence-electron chi connectivity index (χ1n) is 11.0. The highest BCUT2D eigenvalue weighted by atomic mass is 35.5. The van der Waals surface area contributed by atoms with Crippen molar-refractivity contribution < 1.29 is 38.1 Å². The van der Waals surface area contributed by atoms with Gasteiger partial charge in [-0.2, -0.15) is 0 Å². The van der Waals surface area contributed by atoms with Crippen molar-refractivity contribution in [3.05, 3.63) is 23.8 Å². The van der Waals surface area contributed by atoms with Crippen LogP contribution in [0, 0.1) is 28.6 Å². The number of fused-ring (bicyclic) bond motifs is 5. The zero-order chi connectivity index (χ0) is 24.6. The molecule has 1 N–H and O–H groups in total. The molecule has 0 spiro atoms. The number of methoxy groups -OCH3 is 1. The number of halogens is 2. The molecule has 4 aliphatic rings. The molecule has 3 saturated carbocycles. The third-order valence-corrected chi connectivity index (χ3v) is 9.21. The van der Waals surface area contributed by atoms with Crippen molar-refractivity contribution >= 4 is 35.1 Å². The molecule has 7 nitrogen and oxygen atoms in total. The Morgan fingerprint density at radius 1 is 1.27 bits per heavy atom. The van der Waals surface area contributed by atoms with Crippen LogP contribution in [-0.4, -0.2) is 59.0 Å². The summed E-state index contributed by atoms with van der Waals surface area (Å²) in [4.78, 5) is 50.5. The summed E-state index contributed by atoms with van der Waals surface area (Å²) in [6.07, 6.45) is 0.932. The van der Waals surface area contributed by atoms with Gasteiger partial charge >= 0.3 is 6.16 Å². The van der Waals surface area contributed by atoms with Gasteiger partial charge in [-0.15, -0.1) is 11.6 Å². The Balaban J connectivity index is 1.89. The molecule has 180 valence electrons. The first-order chi connectivity index (χ1) is 15.3. The lowest BCUT2D eigenvalue weighted by Gasteiger charge is -2.62. The average molecular weight is 483 g/mol. The van der Waals surface area contributed by atoms with E-state index >= 15 is 4.39 Å². The minimum atomic E-state index is -2.26. The van der Waals surface area contributed by atoms with Crippen LogP contribution in [0.15, 0.2) is 23.8 Å². The lowest BCUT2D eigenvalue weighted by molar-refractivity contribution is -0.219. The number of ether oxygens (including phenoxy) is 2. The zero-order valence-corrected chi connectivity index (χ0v) is 19.8. The fourth-order valence-electron chi connectivity index (χ4n) is 7.50. The number of alkyl halides is 2. The molecule has 0 saturated heterocycles. The van der Waals surface area contributed by atoms with Crippen molar-refractivity contribution in [1.29, 1.82) is 0 Å². The van der Waals surface area contributed by atoms with E-state index < -0.39 is 69.6 Å². The molecular weight excluding hydrogens is 455 g/mol. The van der Waals surface area contributed by atoms with E-state index in [1.54, 1.807) is 13.8 Å². The lowest BCUT2D eigenvalue weighted by atomic mass is 9.44. The fraction of sp³-hybridized carbons (Fsp3) is 0.667.